The Bertz CT molecular complexity index is 463. The Morgan fingerprint density at radius 1 is 1.30 bits per heavy atom. The first kappa shape index (κ1) is 16.6. The zero-order valence-electron chi connectivity index (χ0n) is 12.6. The molecule has 4 nitrogen and oxygen atoms in total. The van der Waals surface area contributed by atoms with Crippen molar-refractivity contribution >= 4 is 5.91 Å². The van der Waals surface area contributed by atoms with Crippen LogP contribution in [0.3, 0.4) is 0 Å². The first-order chi connectivity index (χ1) is 9.27. The number of likely N-dealkylation sites (N-methyl/N-ethyl adjacent to an activating group) is 2. The van der Waals surface area contributed by atoms with Gasteiger partial charge in [0, 0.05) is 24.7 Å². The molecule has 0 atom stereocenters. The van der Waals surface area contributed by atoms with Crippen molar-refractivity contribution in [3.8, 4) is 0 Å². The van der Waals surface area contributed by atoms with Gasteiger partial charge in [0.05, 0.1) is 13.2 Å². The Balaban J connectivity index is 2.62. The number of carbonyl (C=O) groups is 1. The van der Waals surface area contributed by atoms with Crippen molar-refractivity contribution in [2.75, 3.05) is 27.2 Å². The Morgan fingerprint density at radius 3 is 2.45 bits per heavy atom. The summed E-state index contributed by atoms with van der Waals surface area (Å²) in [5, 5.41) is 9.27. The third-order valence-electron chi connectivity index (χ3n) is 3.58. The van der Waals surface area contributed by atoms with Gasteiger partial charge in [0.1, 0.15) is 5.82 Å². The second kappa shape index (κ2) is 6.81. The molecular weight excluding hydrogens is 259 g/mol. The zero-order valence-corrected chi connectivity index (χ0v) is 12.6. The fraction of sp³-hybridized carbons (Fsp3) is 0.533. The molecule has 1 rings (SSSR count). The van der Waals surface area contributed by atoms with E-state index in [1.54, 1.807) is 37.2 Å². The Labute approximate surface area is 119 Å². The second-order valence-corrected chi connectivity index (χ2v) is 5.67. The van der Waals surface area contributed by atoms with Gasteiger partial charge in [0.15, 0.2) is 0 Å². The second-order valence-electron chi connectivity index (χ2n) is 5.67. The summed E-state index contributed by atoms with van der Waals surface area (Å²) in [6, 6.07) is 6.42. The highest BCUT2D eigenvalue weighted by Gasteiger charge is 2.25. The minimum atomic E-state index is -0.464. The molecule has 0 unspecified atom stereocenters. The monoisotopic (exact) mass is 282 g/mol. The first-order valence-corrected chi connectivity index (χ1v) is 6.57. The number of halogens is 1. The smallest absolute Gasteiger partial charge is 0.236 e. The van der Waals surface area contributed by atoms with E-state index in [0.29, 0.717) is 5.56 Å². The average molecular weight is 282 g/mol. The van der Waals surface area contributed by atoms with Crippen molar-refractivity contribution in [1.29, 1.82) is 0 Å². The van der Waals surface area contributed by atoms with Crippen LogP contribution in [-0.2, 0) is 11.3 Å². The van der Waals surface area contributed by atoms with Crippen LogP contribution < -0.4 is 0 Å². The van der Waals surface area contributed by atoms with E-state index in [-0.39, 0.29) is 31.4 Å². The standard InChI is InChI=1S/C15H23FN2O2/c1-15(2,11-19)18(4)10-14(20)17(3)9-12-7-5-6-8-13(12)16/h5-8,19H,9-11H2,1-4H3. The summed E-state index contributed by atoms with van der Waals surface area (Å²) in [4.78, 5) is 15.4. The molecule has 20 heavy (non-hydrogen) atoms. The predicted molar refractivity (Wildman–Crippen MR) is 76.7 cm³/mol. The van der Waals surface area contributed by atoms with Gasteiger partial charge >= 0.3 is 0 Å². The topological polar surface area (TPSA) is 43.8 Å². The molecule has 1 amide bonds. The van der Waals surface area contributed by atoms with Crippen LogP contribution in [0.4, 0.5) is 4.39 Å². The van der Waals surface area contributed by atoms with Crippen molar-refractivity contribution in [1.82, 2.24) is 9.80 Å². The van der Waals surface area contributed by atoms with Gasteiger partial charge in [-0.05, 0) is 27.0 Å². The quantitative estimate of drug-likeness (QED) is 0.859. The molecule has 1 aromatic carbocycles. The van der Waals surface area contributed by atoms with Gasteiger partial charge in [-0.15, -0.1) is 0 Å². The van der Waals surface area contributed by atoms with Gasteiger partial charge in [-0.1, -0.05) is 18.2 Å². The van der Waals surface area contributed by atoms with Crippen LogP contribution in [0.15, 0.2) is 24.3 Å². The molecule has 0 aliphatic rings. The van der Waals surface area contributed by atoms with E-state index in [1.807, 2.05) is 13.8 Å². The molecule has 0 radical (unpaired) electrons. The molecule has 0 aliphatic carbocycles. The van der Waals surface area contributed by atoms with Gasteiger partial charge < -0.3 is 10.0 Å². The number of hydrogen-bond donors (Lipinski definition) is 1. The maximum Gasteiger partial charge on any atom is 0.236 e. The van der Waals surface area contributed by atoms with Crippen LogP contribution in [0.2, 0.25) is 0 Å². The summed E-state index contributed by atoms with van der Waals surface area (Å²) in [5.41, 5.74) is 0.0292. The van der Waals surface area contributed by atoms with Gasteiger partial charge in [-0.3, -0.25) is 9.69 Å². The molecule has 1 aromatic rings. The maximum absolute atomic E-state index is 13.5. The number of hydrogen-bond acceptors (Lipinski definition) is 3. The zero-order chi connectivity index (χ0) is 15.3. The molecule has 0 saturated heterocycles. The molecule has 0 fully saturated rings. The SMILES string of the molecule is CN(Cc1ccccc1F)C(=O)CN(C)C(C)(C)CO. The largest absolute Gasteiger partial charge is 0.394 e. The van der Waals surface area contributed by atoms with E-state index in [4.69, 9.17) is 0 Å². The minimum Gasteiger partial charge on any atom is -0.394 e. The average Bonchev–Trinajstić information content (AvgIpc) is 2.41. The Kier molecular flexibility index (Phi) is 5.65. The summed E-state index contributed by atoms with van der Waals surface area (Å²) in [6.07, 6.45) is 0. The summed E-state index contributed by atoms with van der Waals surface area (Å²) in [7, 11) is 3.43. The van der Waals surface area contributed by atoms with Gasteiger partial charge in [-0.25, -0.2) is 4.39 Å². The maximum atomic E-state index is 13.5. The number of rotatable bonds is 6. The van der Waals surface area contributed by atoms with Crippen LogP contribution in [0.1, 0.15) is 19.4 Å². The third kappa shape index (κ3) is 4.28. The van der Waals surface area contributed by atoms with E-state index < -0.39 is 5.54 Å². The van der Waals surface area contributed by atoms with Crippen LogP contribution >= 0.6 is 0 Å². The van der Waals surface area contributed by atoms with Gasteiger partial charge in [-0.2, -0.15) is 0 Å². The number of aliphatic hydroxyl groups excluding tert-OH is 1. The highest BCUT2D eigenvalue weighted by molar-refractivity contribution is 5.78. The molecule has 5 heteroatoms. The van der Waals surface area contributed by atoms with Gasteiger partial charge in [0.2, 0.25) is 5.91 Å². The van der Waals surface area contributed by atoms with Crippen molar-refractivity contribution in [2.24, 2.45) is 0 Å². The molecule has 0 aliphatic heterocycles. The van der Waals surface area contributed by atoms with Crippen molar-refractivity contribution in [2.45, 2.75) is 25.9 Å². The van der Waals surface area contributed by atoms with Crippen molar-refractivity contribution < 1.29 is 14.3 Å². The fourth-order valence-electron chi connectivity index (χ4n) is 1.63. The summed E-state index contributed by atoms with van der Waals surface area (Å²) < 4.78 is 13.5. The van der Waals surface area contributed by atoms with Crippen LogP contribution in [0.25, 0.3) is 0 Å². The molecule has 0 bridgehead atoms. The number of aliphatic hydroxyl groups is 1. The van der Waals surface area contributed by atoms with E-state index >= 15 is 0 Å². The molecule has 112 valence electrons. The lowest BCUT2D eigenvalue weighted by Crippen LogP contribution is -2.48. The van der Waals surface area contributed by atoms with Crippen molar-refractivity contribution in [3.63, 3.8) is 0 Å². The molecule has 1 N–H and O–H groups in total. The van der Waals surface area contributed by atoms with E-state index in [0.717, 1.165) is 0 Å². The van der Waals surface area contributed by atoms with Crippen LogP contribution in [0, 0.1) is 5.82 Å². The van der Waals surface area contributed by atoms with Crippen LogP contribution in [0.5, 0.6) is 0 Å². The third-order valence-corrected chi connectivity index (χ3v) is 3.58. The lowest BCUT2D eigenvalue weighted by Gasteiger charge is -2.34. The number of nitrogens with zero attached hydrogens (tertiary/aromatic N) is 2. The molecular formula is C15H23FN2O2. The van der Waals surface area contributed by atoms with Crippen LogP contribution in [-0.4, -0.2) is 53.6 Å². The van der Waals surface area contributed by atoms with E-state index in [9.17, 15) is 14.3 Å². The van der Waals surface area contributed by atoms with Gasteiger partial charge in [0.25, 0.3) is 0 Å². The molecule has 0 heterocycles. The molecule has 0 aromatic heterocycles. The van der Waals surface area contributed by atoms with Crippen molar-refractivity contribution in [3.05, 3.63) is 35.6 Å². The number of amides is 1. The summed E-state index contributed by atoms with van der Waals surface area (Å²) in [5.74, 6) is -0.423. The predicted octanol–water partition coefficient (Wildman–Crippen LogP) is 1.49. The van der Waals surface area contributed by atoms with E-state index in [1.165, 1.54) is 11.0 Å². The summed E-state index contributed by atoms with van der Waals surface area (Å²) >= 11 is 0. The summed E-state index contributed by atoms with van der Waals surface area (Å²) in [6.45, 7) is 4.10. The highest BCUT2D eigenvalue weighted by atomic mass is 19.1. The first-order valence-electron chi connectivity index (χ1n) is 6.57. The highest BCUT2D eigenvalue weighted by Crippen LogP contribution is 2.12. The lowest BCUT2D eigenvalue weighted by molar-refractivity contribution is -0.133. The molecule has 0 saturated carbocycles. The minimum absolute atomic E-state index is 0.0339. The Morgan fingerprint density at radius 2 is 1.90 bits per heavy atom. The van der Waals surface area contributed by atoms with E-state index in [2.05, 4.69) is 0 Å². The lowest BCUT2D eigenvalue weighted by atomic mass is 10.1. The number of carbonyl (C=O) groups excluding carboxylic acids is 1. The molecule has 0 spiro atoms. The Hall–Kier alpha value is -1.46. The number of benzene rings is 1. The normalized spacial score (nSPS) is 11.8. The fourth-order valence-corrected chi connectivity index (χ4v) is 1.63.